The Morgan fingerprint density at radius 1 is 0.931 bits per heavy atom. The molecule has 0 fully saturated rings. The van der Waals surface area contributed by atoms with E-state index in [4.69, 9.17) is 5.10 Å². The number of nitrogens with zero attached hydrogens (tertiary/aromatic N) is 4. The molecule has 0 spiro atoms. The molecule has 0 aliphatic carbocycles. The van der Waals surface area contributed by atoms with Gasteiger partial charge in [-0.1, -0.05) is 72.0 Å². The average molecular weight is 418 g/mol. The maximum atomic E-state index is 11.6. The molecule has 29 heavy (non-hydrogen) atoms. The largest absolute Gasteiger partial charge is 0.318 e. The van der Waals surface area contributed by atoms with Crippen molar-refractivity contribution < 1.29 is 4.79 Å². The van der Waals surface area contributed by atoms with Crippen LogP contribution >= 0.6 is 22.7 Å². The van der Waals surface area contributed by atoms with E-state index in [1.807, 2.05) is 66.7 Å². The van der Waals surface area contributed by atoms with Gasteiger partial charge in [0.2, 0.25) is 10.9 Å². The van der Waals surface area contributed by atoms with Crippen molar-refractivity contribution in [1.29, 1.82) is 0 Å². The van der Waals surface area contributed by atoms with E-state index in [2.05, 4.69) is 15.5 Å². The van der Waals surface area contributed by atoms with Gasteiger partial charge in [0.05, 0.1) is 9.88 Å². The smallest absolute Gasteiger partial charge is 0.235 e. The van der Waals surface area contributed by atoms with Crippen LogP contribution in [0.25, 0.3) is 37.4 Å². The summed E-state index contributed by atoms with van der Waals surface area (Å²) in [4.78, 5) is 13.2. The Morgan fingerprint density at radius 3 is 2.31 bits per heavy atom. The molecule has 1 N–H and O–H groups in total. The van der Waals surface area contributed by atoms with Crippen LogP contribution in [0.4, 0.5) is 5.00 Å². The van der Waals surface area contributed by atoms with E-state index in [-0.39, 0.29) is 5.91 Å². The second kappa shape index (κ2) is 7.23. The van der Waals surface area contributed by atoms with Crippen molar-refractivity contribution >= 4 is 38.5 Å². The van der Waals surface area contributed by atoms with Crippen molar-refractivity contribution in [2.24, 2.45) is 0 Å². The van der Waals surface area contributed by atoms with E-state index in [1.54, 1.807) is 4.52 Å². The molecule has 0 atom stereocenters. The number of anilines is 1. The lowest BCUT2D eigenvalue weighted by molar-refractivity contribution is -0.114. The van der Waals surface area contributed by atoms with Crippen LogP contribution in [0.3, 0.4) is 0 Å². The molecular weight excluding hydrogens is 402 g/mol. The number of carbonyl (C=O) groups is 1. The highest BCUT2D eigenvalue weighted by atomic mass is 32.1. The molecule has 0 saturated heterocycles. The molecule has 8 heteroatoms. The van der Waals surface area contributed by atoms with Gasteiger partial charge in [-0.05, 0) is 11.6 Å². The van der Waals surface area contributed by atoms with Crippen molar-refractivity contribution in [2.75, 3.05) is 5.32 Å². The standard InChI is InChI=1S/C21H15N5OS2/c1-13(27)22-17-12-16(14-8-4-2-5-9-14)18(28-17)19-23-24-21-26(19)25-20(29-21)15-10-6-3-7-11-15/h2-12H,1H3,(H,22,27). The van der Waals surface area contributed by atoms with E-state index >= 15 is 0 Å². The lowest BCUT2D eigenvalue weighted by atomic mass is 10.1. The first kappa shape index (κ1) is 17.7. The van der Waals surface area contributed by atoms with E-state index in [9.17, 15) is 4.79 Å². The summed E-state index contributed by atoms with van der Waals surface area (Å²) < 4.78 is 1.78. The first-order chi connectivity index (χ1) is 14.2. The Hall–Kier alpha value is -3.36. The third-order valence-electron chi connectivity index (χ3n) is 4.33. The molecule has 3 aromatic heterocycles. The zero-order chi connectivity index (χ0) is 19.8. The number of nitrogens with one attached hydrogen (secondary N) is 1. The number of amides is 1. The Morgan fingerprint density at radius 2 is 1.62 bits per heavy atom. The zero-order valence-electron chi connectivity index (χ0n) is 15.4. The zero-order valence-corrected chi connectivity index (χ0v) is 17.0. The molecule has 0 saturated carbocycles. The normalized spacial score (nSPS) is 11.1. The summed E-state index contributed by atoms with van der Waals surface area (Å²) >= 11 is 2.97. The van der Waals surface area contributed by atoms with Crippen LogP contribution in [0.2, 0.25) is 0 Å². The van der Waals surface area contributed by atoms with Crippen molar-refractivity contribution in [1.82, 2.24) is 19.8 Å². The second-order valence-corrected chi connectivity index (χ2v) is 8.40. The minimum atomic E-state index is -0.108. The summed E-state index contributed by atoms with van der Waals surface area (Å²) in [5.74, 6) is 0.558. The summed E-state index contributed by atoms with van der Waals surface area (Å²) in [6.07, 6.45) is 0. The highest BCUT2D eigenvalue weighted by molar-refractivity contribution is 7.20. The Bertz CT molecular complexity index is 1310. The minimum absolute atomic E-state index is 0.108. The van der Waals surface area contributed by atoms with E-state index in [1.165, 1.54) is 29.6 Å². The molecule has 6 nitrogen and oxygen atoms in total. The lowest BCUT2D eigenvalue weighted by Crippen LogP contribution is -2.03. The molecule has 0 radical (unpaired) electrons. The highest BCUT2D eigenvalue weighted by Crippen LogP contribution is 2.41. The van der Waals surface area contributed by atoms with Gasteiger partial charge in [-0.15, -0.1) is 21.5 Å². The van der Waals surface area contributed by atoms with E-state index in [0.29, 0.717) is 5.82 Å². The van der Waals surface area contributed by atoms with Gasteiger partial charge in [0, 0.05) is 18.1 Å². The van der Waals surface area contributed by atoms with E-state index < -0.39 is 0 Å². The fraction of sp³-hybridized carbons (Fsp3) is 0.0476. The molecule has 1 amide bonds. The van der Waals surface area contributed by atoms with Crippen molar-refractivity contribution in [3.05, 3.63) is 66.7 Å². The van der Waals surface area contributed by atoms with Crippen molar-refractivity contribution in [3.63, 3.8) is 0 Å². The number of rotatable bonds is 4. The Balaban J connectivity index is 1.67. The van der Waals surface area contributed by atoms with Gasteiger partial charge in [0.25, 0.3) is 0 Å². The van der Waals surface area contributed by atoms with Crippen LogP contribution in [0.15, 0.2) is 66.7 Å². The Labute approximate surface area is 174 Å². The Kier molecular flexibility index (Phi) is 4.42. The van der Waals surface area contributed by atoms with Gasteiger partial charge in [-0.25, -0.2) is 0 Å². The van der Waals surface area contributed by atoms with E-state index in [0.717, 1.165) is 36.5 Å². The molecule has 0 bridgehead atoms. The molecule has 0 aliphatic heterocycles. The quantitative estimate of drug-likeness (QED) is 0.436. The fourth-order valence-corrected chi connectivity index (χ4v) is 5.02. The predicted molar refractivity (Wildman–Crippen MR) is 117 cm³/mol. The summed E-state index contributed by atoms with van der Waals surface area (Å²) in [5, 5.41) is 18.0. The predicted octanol–water partition coefficient (Wildman–Crippen LogP) is 5.21. The third kappa shape index (κ3) is 3.32. The second-order valence-electron chi connectivity index (χ2n) is 6.39. The maximum absolute atomic E-state index is 11.6. The lowest BCUT2D eigenvalue weighted by Gasteiger charge is -2.01. The molecule has 2 aromatic carbocycles. The molecule has 0 aliphatic rings. The van der Waals surface area contributed by atoms with Crippen molar-refractivity contribution in [3.8, 4) is 32.4 Å². The SMILES string of the molecule is CC(=O)Nc1cc(-c2ccccc2)c(-c2nnc3sc(-c4ccccc4)nn23)s1. The van der Waals surface area contributed by atoms with Gasteiger partial charge >= 0.3 is 0 Å². The topological polar surface area (TPSA) is 72.2 Å². The average Bonchev–Trinajstić information content (AvgIpc) is 3.43. The number of hydrogen-bond acceptors (Lipinski definition) is 6. The summed E-state index contributed by atoms with van der Waals surface area (Å²) in [6.45, 7) is 1.50. The van der Waals surface area contributed by atoms with Crippen LogP contribution in [0, 0.1) is 0 Å². The minimum Gasteiger partial charge on any atom is -0.318 e. The molecular formula is C21H15N5OS2. The molecule has 0 unspecified atom stereocenters. The van der Waals surface area contributed by atoms with Crippen LogP contribution in [0.5, 0.6) is 0 Å². The molecule has 5 rings (SSSR count). The summed E-state index contributed by atoms with van der Waals surface area (Å²) in [7, 11) is 0. The van der Waals surface area contributed by atoms with Gasteiger partial charge in [0.1, 0.15) is 5.01 Å². The van der Waals surface area contributed by atoms with Crippen LogP contribution in [-0.2, 0) is 4.79 Å². The van der Waals surface area contributed by atoms with Crippen molar-refractivity contribution in [2.45, 2.75) is 6.92 Å². The number of thiophene rings is 1. The van der Waals surface area contributed by atoms with Gasteiger partial charge < -0.3 is 5.32 Å². The fourth-order valence-electron chi connectivity index (χ4n) is 3.08. The molecule has 3 heterocycles. The van der Waals surface area contributed by atoms with Crippen LogP contribution in [-0.4, -0.2) is 25.7 Å². The van der Waals surface area contributed by atoms with Gasteiger partial charge in [0.15, 0.2) is 5.82 Å². The first-order valence-corrected chi connectivity index (χ1v) is 10.6. The molecule has 142 valence electrons. The maximum Gasteiger partial charge on any atom is 0.235 e. The number of aromatic nitrogens is 4. The number of carbonyl (C=O) groups excluding carboxylic acids is 1. The monoisotopic (exact) mass is 417 g/mol. The summed E-state index contributed by atoms with van der Waals surface area (Å²) in [5.41, 5.74) is 3.08. The van der Waals surface area contributed by atoms with Crippen LogP contribution < -0.4 is 5.32 Å². The number of benzene rings is 2. The third-order valence-corrected chi connectivity index (χ3v) is 6.33. The van der Waals surface area contributed by atoms with Crippen LogP contribution in [0.1, 0.15) is 6.92 Å². The number of fused-ring (bicyclic) bond motifs is 1. The van der Waals surface area contributed by atoms with Gasteiger partial charge in [-0.2, -0.15) is 9.61 Å². The highest BCUT2D eigenvalue weighted by Gasteiger charge is 2.21. The summed E-state index contributed by atoms with van der Waals surface area (Å²) in [6, 6.07) is 22.0. The number of hydrogen-bond donors (Lipinski definition) is 1. The first-order valence-electron chi connectivity index (χ1n) is 8.94. The van der Waals surface area contributed by atoms with Gasteiger partial charge in [-0.3, -0.25) is 4.79 Å². The molecule has 5 aromatic rings.